The largest absolute Gasteiger partial charge is 0.366 e. The number of alkyl halides is 2. The summed E-state index contributed by atoms with van der Waals surface area (Å²) in [5, 5.41) is 7.59. The molecule has 0 amide bonds. The van der Waals surface area contributed by atoms with Crippen LogP contribution in [0.15, 0.2) is 22.9 Å². The van der Waals surface area contributed by atoms with E-state index in [4.69, 9.17) is 0 Å². The summed E-state index contributed by atoms with van der Waals surface area (Å²) < 4.78 is 28.6. The first-order chi connectivity index (χ1) is 9.03. The number of nitrogens with one attached hydrogen (secondary N) is 1. The van der Waals surface area contributed by atoms with Crippen molar-refractivity contribution in [2.45, 2.75) is 37.6 Å². The van der Waals surface area contributed by atoms with Crippen LogP contribution < -0.4 is 5.32 Å². The lowest BCUT2D eigenvalue weighted by molar-refractivity contribution is -0.0361. The normalized spacial score (nSPS) is 19.7. The van der Waals surface area contributed by atoms with Crippen LogP contribution in [0.2, 0.25) is 0 Å². The van der Waals surface area contributed by atoms with Crippen molar-refractivity contribution >= 4 is 27.4 Å². The number of aromatic nitrogens is 3. The van der Waals surface area contributed by atoms with Crippen LogP contribution in [-0.4, -0.2) is 26.6 Å². The molecular formula is C12H13BrF2N4. The van der Waals surface area contributed by atoms with E-state index in [-0.39, 0.29) is 18.9 Å². The van der Waals surface area contributed by atoms with Crippen molar-refractivity contribution in [2.75, 3.05) is 5.32 Å². The van der Waals surface area contributed by atoms with E-state index in [1.165, 1.54) is 0 Å². The fourth-order valence-corrected chi connectivity index (χ4v) is 2.68. The zero-order valence-electron chi connectivity index (χ0n) is 10.1. The van der Waals surface area contributed by atoms with E-state index in [1.807, 2.05) is 12.1 Å². The number of halogens is 3. The smallest absolute Gasteiger partial charge is 0.248 e. The zero-order valence-corrected chi connectivity index (χ0v) is 11.7. The molecule has 0 saturated heterocycles. The number of imidazole rings is 1. The third kappa shape index (κ3) is 2.70. The van der Waals surface area contributed by atoms with Crippen LogP contribution in [-0.2, 0) is 0 Å². The highest BCUT2D eigenvalue weighted by atomic mass is 79.9. The Bertz CT molecular complexity index is 588. The van der Waals surface area contributed by atoms with Crippen LogP contribution in [0.3, 0.4) is 0 Å². The molecule has 4 nitrogen and oxygen atoms in total. The van der Waals surface area contributed by atoms with Crippen molar-refractivity contribution in [1.82, 2.24) is 14.6 Å². The van der Waals surface area contributed by atoms with Gasteiger partial charge in [0.1, 0.15) is 10.4 Å². The van der Waals surface area contributed by atoms with Crippen LogP contribution in [0.25, 0.3) is 5.65 Å². The average molecular weight is 331 g/mol. The number of hydrogen-bond donors (Lipinski definition) is 1. The number of fused-ring (bicyclic) bond motifs is 1. The second-order valence-electron chi connectivity index (χ2n) is 4.84. The van der Waals surface area contributed by atoms with E-state index in [9.17, 15) is 8.78 Å². The van der Waals surface area contributed by atoms with E-state index in [1.54, 1.807) is 10.7 Å². The molecule has 7 heteroatoms. The van der Waals surface area contributed by atoms with Gasteiger partial charge in [-0.3, -0.25) is 0 Å². The highest BCUT2D eigenvalue weighted by Crippen LogP contribution is 2.34. The molecule has 1 N–H and O–H groups in total. The van der Waals surface area contributed by atoms with Gasteiger partial charge in [0.05, 0.1) is 6.20 Å². The Morgan fingerprint density at radius 1 is 1.32 bits per heavy atom. The Balaban J connectivity index is 1.73. The number of hydrogen-bond acceptors (Lipinski definition) is 3. The summed E-state index contributed by atoms with van der Waals surface area (Å²) in [4.78, 5) is 4.15. The molecule has 0 unspecified atom stereocenters. The summed E-state index contributed by atoms with van der Waals surface area (Å²) in [5.41, 5.74) is 0.743. The number of nitrogens with zero attached hydrogens (tertiary/aromatic N) is 3. The molecule has 2 heterocycles. The SMILES string of the molecule is FC1(F)CCC(Nc2ccc3ncc(Br)n3n2)CC1. The summed E-state index contributed by atoms with van der Waals surface area (Å²) in [6.45, 7) is 0. The Kier molecular flexibility index (Phi) is 3.16. The maximum Gasteiger partial charge on any atom is 0.248 e. The van der Waals surface area contributed by atoms with Crippen LogP contribution >= 0.6 is 15.9 Å². The molecular weight excluding hydrogens is 318 g/mol. The van der Waals surface area contributed by atoms with Gasteiger partial charge in [0, 0.05) is 18.9 Å². The van der Waals surface area contributed by atoms with E-state index in [0.717, 1.165) is 10.3 Å². The quantitative estimate of drug-likeness (QED) is 0.916. The summed E-state index contributed by atoms with van der Waals surface area (Å²) in [6.07, 6.45) is 2.51. The Morgan fingerprint density at radius 2 is 2.05 bits per heavy atom. The summed E-state index contributed by atoms with van der Waals surface area (Å²) >= 11 is 3.35. The average Bonchev–Trinajstić information content (AvgIpc) is 2.74. The Labute approximate surface area is 117 Å². The van der Waals surface area contributed by atoms with Crippen LogP contribution in [0.5, 0.6) is 0 Å². The molecule has 0 aliphatic heterocycles. The third-order valence-electron chi connectivity index (χ3n) is 3.39. The highest BCUT2D eigenvalue weighted by Gasteiger charge is 2.34. The van der Waals surface area contributed by atoms with Gasteiger partial charge in [-0.1, -0.05) is 0 Å². The van der Waals surface area contributed by atoms with Gasteiger partial charge in [-0.15, -0.1) is 5.10 Å². The van der Waals surface area contributed by atoms with Gasteiger partial charge in [-0.05, 0) is 40.9 Å². The first-order valence-electron chi connectivity index (χ1n) is 6.18. The van der Waals surface area contributed by atoms with Crippen LogP contribution in [0, 0.1) is 0 Å². The number of anilines is 1. The zero-order chi connectivity index (χ0) is 13.5. The second kappa shape index (κ2) is 4.70. The lowest BCUT2D eigenvalue weighted by Crippen LogP contribution is -2.32. The predicted octanol–water partition coefficient (Wildman–Crippen LogP) is 3.48. The molecule has 0 atom stereocenters. The van der Waals surface area contributed by atoms with Crippen molar-refractivity contribution in [1.29, 1.82) is 0 Å². The maximum atomic E-state index is 13.1. The van der Waals surface area contributed by atoms with Crippen molar-refractivity contribution in [2.24, 2.45) is 0 Å². The fraction of sp³-hybridized carbons (Fsp3) is 0.500. The Morgan fingerprint density at radius 3 is 2.79 bits per heavy atom. The fourth-order valence-electron chi connectivity index (χ4n) is 2.32. The Hall–Kier alpha value is -1.24. The molecule has 0 bridgehead atoms. The van der Waals surface area contributed by atoms with E-state index in [2.05, 4.69) is 31.3 Å². The molecule has 102 valence electrons. The van der Waals surface area contributed by atoms with Gasteiger partial charge < -0.3 is 5.32 Å². The molecule has 3 rings (SSSR count). The van der Waals surface area contributed by atoms with Crippen molar-refractivity contribution in [3.63, 3.8) is 0 Å². The van der Waals surface area contributed by atoms with Crippen molar-refractivity contribution < 1.29 is 8.78 Å². The molecule has 2 aromatic heterocycles. The summed E-state index contributed by atoms with van der Waals surface area (Å²) in [6, 6.07) is 3.73. The predicted molar refractivity (Wildman–Crippen MR) is 71.5 cm³/mol. The van der Waals surface area contributed by atoms with Gasteiger partial charge in [0.15, 0.2) is 5.65 Å². The summed E-state index contributed by atoms with van der Waals surface area (Å²) in [5.74, 6) is -1.82. The second-order valence-corrected chi connectivity index (χ2v) is 5.66. The minimum absolute atomic E-state index is 0.0539. The molecule has 0 spiro atoms. The van der Waals surface area contributed by atoms with Crippen molar-refractivity contribution in [3.8, 4) is 0 Å². The molecule has 1 saturated carbocycles. The highest BCUT2D eigenvalue weighted by molar-refractivity contribution is 9.10. The molecule has 1 aliphatic rings. The monoisotopic (exact) mass is 330 g/mol. The van der Waals surface area contributed by atoms with Gasteiger partial charge in [-0.25, -0.2) is 18.3 Å². The first-order valence-corrected chi connectivity index (χ1v) is 6.97. The van der Waals surface area contributed by atoms with Gasteiger partial charge in [0.25, 0.3) is 0 Å². The molecule has 1 aliphatic carbocycles. The minimum atomic E-state index is -2.50. The third-order valence-corrected chi connectivity index (χ3v) is 3.93. The van der Waals surface area contributed by atoms with E-state index >= 15 is 0 Å². The lowest BCUT2D eigenvalue weighted by atomic mass is 9.92. The number of rotatable bonds is 2. The first kappa shape index (κ1) is 12.8. The molecule has 0 aromatic carbocycles. The topological polar surface area (TPSA) is 42.2 Å². The molecule has 0 radical (unpaired) electrons. The standard InChI is InChI=1S/C12H13BrF2N4/c13-9-7-16-11-2-1-10(18-19(9)11)17-8-3-5-12(14,15)6-4-8/h1-2,7-8H,3-6H2,(H,17,18). The maximum absolute atomic E-state index is 13.1. The van der Waals surface area contributed by atoms with Crippen LogP contribution in [0.4, 0.5) is 14.6 Å². The lowest BCUT2D eigenvalue weighted by Gasteiger charge is -2.29. The molecule has 2 aromatic rings. The van der Waals surface area contributed by atoms with E-state index < -0.39 is 5.92 Å². The van der Waals surface area contributed by atoms with Gasteiger partial charge in [0.2, 0.25) is 5.92 Å². The molecule has 1 fully saturated rings. The van der Waals surface area contributed by atoms with Crippen LogP contribution in [0.1, 0.15) is 25.7 Å². The van der Waals surface area contributed by atoms with Gasteiger partial charge in [-0.2, -0.15) is 0 Å². The van der Waals surface area contributed by atoms with Gasteiger partial charge >= 0.3 is 0 Å². The molecule has 19 heavy (non-hydrogen) atoms. The van der Waals surface area contributed by atoms with E-state index in [0.29, 0.717) is 18.7 Å². The minimum Gasteiger partial charge on any atom is -0.366 e. The summed E-state index contributed by atoms with van der Waals surface area (Å²) in [7, 11) is 0. The van der Waals surface area contributed by atoms with Crippen molar-refractivity contribution in [3.05, 3.63) is 22.9 Å².